The summed E-state index contributed by atoms with van der Waals surface area (Å²) in [5.41, 5.74) is -0.0670. The van der Waals surface area contributed by atoms with E-state index in [1.54, 1.807) is 0 Å². The van der Waals surface area contributed by atoms with Gasteiger partial charge in [0.1, 0.15) is 5.41 Å². The van der Waals surface area contributed by atoms with E-state index in [-0.39, 0.29) is 12.2 Å². The molecule has 0 radical (unpaired) electrons. The fourth-order valence-corrected chi connectivity index (χ4v) is 2.31. The normalized spacial score (nSPS) is 16.5. The van der Waals surface area contributed by atoms with Crippen LogP contribution in [0.5, 0.6) is 0 Å². The average molecular weight is 244 g/mol. The molecule has 94 valence electrons. The fourth-order valence-electron chi connectivity index (χ4n) is 2.31. The molecule has 0 bridgehead atoms. The molecule has 1 aliphatic carbocycles. The number of hydrogen-bond acceptors (Lipinski definition) is 3. The van der Waals surface area contributed by atoms with Crippen molar-refractivity contribution < 1.29 is 14.3 Å². The molecule has 0 spiro atoms. The number of allylic oxidation sites excluding steroid dienone is 2. The number of esters is 1. The van der Waals surface area contributed by atoms with Crippen molar-refractivity contribution in [2.24, 2.45) is 5.41 Å². The molecule has 3 nitrogen and oxygen atoms in total. The zero-order chi connectivity index (χ0) is 13.0. The summed E-state index contributed by atoms with van der Waals surface area (Å²) in [5.74, 6) is -0.487. The molecule has 0 fully saturated rings. The monoisotopic (exact) mass is 244 g/mol. The second-order valence-electron chi connectivity index (χ2n) is 4.54. The van der Waals surface area contributed by atoms with Crippen LogP contribution in [0.2, 0.25) is 0 Å². The van der Waals surface area contributed by atoms with Crippen LogP contribution in [0.3, 0.4) is 0 Å². The van der Waals surface area contributed by atoms with Gasteiger partial charge in [0.05, 0.1) is 7.11 Å². The van der Waals surface area contributed by atoms with E-state index in [9.17, 15) is 9.59 Å². The van der Waals surface area contributed by atoms with E-state index in [4.69, 9.17) is 4.74 Å². The van der Waals surface area contributed by atoms with Gasteiger partial charge in [0, 0.05) is 6.42 Å². The third-order valence-corrected chi connectivity index (χ3v) is 3.42. The maximum atomic E-state index is 12.4. The summed E-state index contributed by atoms with van der Waals surface area (Å²) in [6.45, 7) is 0. The zero-order valence-electron chi connectivity index (χ0n) is 10.4. The second kappa shape index (κ2) is 5.17. The number of benzene rings is 1. The summed E-state index contributed by atoms with van der Waals surface area (Å²) in [4.78, 5) is 24.3. The molecule has 18 heavy (non-hydrogen) atoms. The largest absolute Gasteiger partial charge is 0.468 e. The third-order valence-electron chi connectivity index (χ3n) is 3.42. The van der Waals surface area contributed by atoms with Crippen LogP contribution in [0.15, 0.2) is 42.5 Å². The number of ketones is 1. The van der Waals surface area contributed by atoms with Gasteiger partial charge in [0.25, 0.3) is 0 Å². The van der Waals surface area contributed by atoms with Gasteiger partial charge in [-0.15, -0.1) is 0 Å². The number of Topliss-reactive ketones (excluding diaryl/α,β-unsaturated/α-hetero) is 1. The minimum atomic E-state index is -0.995. The van der Waals surface area contributed by atoms with Crippen molar-refractivity contribution in [3.8, 4) is 0 Å². The molecular weight excluding hydrogens is 228 g/mol. The van der Waals surface area contributed by atoms with Crippen molar-refractivity contribution >= 4 is 11.8 Å². The molecule has 1 aromatic carbocycles. The van der Waals surface area contributed by atoms with E-state index in [1.807, 2.05) is 42.5 Å². The van der Waals surface area contributed by atoms with E-state index >= 15 is 0 Å². The van der Waals surface area contributed by atoms with Gasteiger partial charge in [-0.2, -0.15) is 0 Å². The van der Waals surface area contributed by atoms with Crippen molar-refractivity contribution in [2.45, 2.75) is 19.3 Å². The van der Waals surface area contributed by atoms with Crippen LogP contribution in [0.4, 0.5) is 0 Å². The van der Waals surface area contributed by atoms with E-state index in [0.29, 0.717) is 12.8 Å². The fraction of sp³-hybridized carbons (Fsp3) is 0.333. The summed E-state index contributed by atoms with van der Waals surface area (Å²) in [6, 6.07) is 9.47. The first-order valence-corrected chi connectivity index (χ1v) is 6.00. The highest BCUT2D eigenvalue weighted by Gasteiger charge is 2.46. The van der Waals surface area contributed by atoms with Gasteiger partial charge in [-0.1, -0.05) is 42.5 Å². The van der Waals surface area contributed by atoms with Gasteiger partial charge < -0.3 is 4.74 Å². The maximum absolute atomic E-state index is 12.4. The predicted octanol–water partition coefficient (Wildman–Crippen LogP) is 2.31. The second-order valence-corrected chi connectivity index (χ2v) is 4.54. The molecular formula is C15H16O3. The molecule has 0 N–H and O–H groups in total. The van der Waals surface area contributed by atoms with Crippen LogP contribution < -0.4 is 0 Å². The Morgan fingerprint density at radius 3 is 2.33 bits per heavy atom. The smallest absolute Gasteiger partial charge is 0.320 e. The predicted molar refractivity (Wildman–Crippen MR) is 68.0 cm³/mol. The first-order chi connectivity index (χ1) is 8.69. The summed E-state index contributed by atoms with van der Waals surface area (Å²) in [6.07, 6.45) is 4.92. The summed E-state index contributed by atoms with van der Waals surface area (Å²) in [5, 5.41) is 0. The Labute approximate surface area is 106 Å². The first kappa shape index (κ1) is 12.6. The Balaban J connectivity index is 2.18. The molecule has 0 atom stereocenters. The minimum Gasteiger partial charge on any atom is -0.468 e. The highest BCUT2D eigenvalue weighted by molar-refractivity contribution is 6.05. The number of rotatable bonds is 4. The topological polar surface area (TPSA) is 43.4 Å². The quantitative estimate of drug-likeness (QED) is 0.464. The Morgan fingerprint density at radius 1 is 1.17 bits per heavy atom. The Kier molecular flexibility index (Phi) is 3.60. The van der Waals surface area contributed by atoms with Crippen LogP contribution in [-0.4, -0.2) is 18.9 Å². The lowest BCUT2D eigenvalue weighted by Crippen LogP contribution is -2.39. The molecule has 0 saturated carbocycles. The number of carbonyl (C=O) groups is 2. The highest BCUT2D eigenvalue weighted by atomic mass is 16.5. The van der Waals surface area contributed by atoms with Gasteiger partial charge >= 0.3 is 5.97 Å². The van der Waals surface area contributed by atoms with Gasteiger partial charge in [-0.05, 0) is 18.4 Å². The van der Waals surface area contributed by atoms with E-state index in [0.717, 1.165) is 5.56 Å². The number of hydrogen-bond donors (Lipinski definition) is 0. The summed E-state index contributed by atoms with van der Waals surface area (Å²) < 4.78 is 4.80. The van der Waals surface area contributed by atoms with E-state index in [1.165, 1.54) is 7.11 Å². The van der Waals surface area contributed by atoms with Crippen molar-refractivity contribution in [3.05, 3.63) is 48.0 Å². The lowest BCUT2D eigenvalue weighted by molar-refractivity contribution is -0.157. The Hall–Kier alpha value is -1.90. The van der Waals surface area contributed by atoms with Crippen molar-refractivity contribution in [1.82, 2.24) is 0 Å². The van der Waals surface area contributed by atoms with Crippen LogP contribution in [0, 0.1) is 5.41 Å². The van der Waals surface area contributed by atoms with Crippen molar-refractivity contribution in [3.63, 3.8) is 0 Å². The average Bonchev–Trinajstić information content (AvgIpc) is 2.89. The summed E-state index contributed by atoms with van der Waals surface area (Å²) in [7, 11) is 1.33. The Bertz CT molecular complexity index is 466. The molecule has 3 heteroatoms. The molecule has 0 amide bonds. The maximum Gasteiger partial charge on any atom is 0.320 e. The van der Waals surface area contributed by atoms with Crippen molar-refractivity contribution in [1.29, 1.82) is 0 Å². The van der Waals surface area contributed by atoms with Crippen LogP contribution in [0.25, 0.3) is 0 Å². The molecule has 0 unspecified atom stereocenters. The lowest BCUT2D eigenvalue weighted by Gasteiger charge is -2.24. The summed E-state index contributed by atoms with van der Waals surface area (Å²) >= 11 is 0. The van der Waals surface area contributed by atoms with Gasteiger partial charge in [-0.25, -0.2) is 0 Å². The van der Waals surface area contributed by atoms with Crippen LogP contribution >= 0.6 is 0 Å². The molecule has 1 aromatic rings. The zero-order valence-corrected chi connectivity index (χ0v) is 10.4. The Morgan fingerprint density at radius 2 is 1.78 bits per heavy atom. The number of methoxy groups -OCH3 is 1. The third kappa shape index (κ3) is 2.21. The number of ether oxygens (including phenoxy) is 1. The van der Waals surface area contributed by atoms with Crippen LogP contribution in [0.1, 0.15) is 18.4 Å². The first-order valence-electron chi connectivity index (χ1n) is 6.00. The molecule has 0 saturated heterocycles. The SMILES string of the molecule is COC(=O)C1(C(=O)Cc2ccccc2)CC=CC1. The van der Waals surface area contributed by atoms with E-state index < -0.39 is 11.4 Å². The van der Waals surface area contributed by atoms with Gasteiger partial charge in [-0.3, -0.25) is 9.59 Å². The number of carbonyl (C=O) groups excluding carboxylic acids is 2. The standard InChI is InChI=1S/C15H16O3/c1-18-14(17)15(9-5-6-10-15)13(16)11-12-7-3-2-4-8-12/h2-8H,9-11H2,1H3. The minimum absolute atomic E-state index is 0.0643. The molecule has 0 aromatic heterocycles. The molecule has 1 aliphatic rings. The van der Waals surface area contributed by atoms with E-state index in [2.05, 4.69) is 0 Å². The highest BCUT2D eigenvalue weighted by Crippen LogP contribution is 2.36. The molecule has 0 heterocycles. The molecule has 2 rings (SSSR count). The van der Waals surface area contributed by atoms with Crippen molar-refractivity contribution in [2.75, 3.05) is 7.11 Å². The molecule has 0 aliphatic heterocycles. The van der Waals surface area contributed by atoms with Gasteiger partial charge in [0.2, 0.25) is 0 Å². The van der Waals surface area contributed by atoms with Gasteiger partial charge in [0.15, 0.2) is 5.78 Å². The lowest BCUT2D eigenvalue weighted by atomic mass is 9.78. The van der Waals surface area contributed by atoms with Crippen LogP contribution in [-0.2, 0) is 20.7 Å².